The van der Waals surface area contributed by atoms with Gasteiger partial charge in [-0.2, -0.15) is 0 Å². The first-order valence-corrected chi connectivity index (χ1v) is 6.72. The summed E-state index contributed by atoms with van der Waals surface area (Å²) in [6, 6.07) is 8.92. The summed E-state index contributed by atoms with van der Waals surface area (Å²) in [5.74, 6) is 0.678. The predicted molar refractivity (Wildman–Crippen MR) is 75.8 cm³/mol. The molecule has 106 valence electrons. The van der Waals surface area contributed by atoms with Crippen LogP contribution in [0.25, 0.3) is 0 Å². The maximum absolute atomic E-state index is 13.1. The standard InChI is InChI=1S/C15H15ClFNO2/c1-19-7-6-11-2-4-14(5-3-11)20-15-12(9-16)8-13(17)10-18-15/h2-5,8,10H,6-7,9H2,1H3. The highest BCUT2D eigenvalue weighted by atomic mass is 35.5. The van der Waals surface area contributed by atoms with Gasteiger partial charge in [0.15, 0.2) is 0 Å². The van der Waals surface area contributed by atoms with Gasteiger partial charge in [0, 0.05) is 12.7 Å². The van der Waals surface area contributed by atoms with Crippen molar-refractivity contribution in [2.24, 2.45) is 0 Å². The molecule has 0 radical (unpaired) electrons. The molecule has 1 aromatic carbocycles. The Morgan fingerprint density at radius 2 is 2.00 bits per heavy atom. The van der Waals surface area contributed by atoms with E-state index in [1.165, 1.54) is 6.07 Å². The number of benzene rings is 1. The molecule has 0 aliphatic carbocycles. The SMILES string of the molecule is COCCc1ccc(Oc2ncc(F)cc2CCl)cc1. The van der Waals surface area contributed by atoms with E-state index in [0.29, 0.717) is 23.8 Å². The lowest BCUT2D eigenvalue weighted by molar-refractivity contribution is 0.202. The minimum atomic E-state index is -0.428. The quantitative estimate of drug-likeness (QED) is 0.756. The molecule has 0 saturated heterocycles. The van der Waals surface area contributed by atoms with Crippen LogP contribution in [0.3, 0.4) is 0 Å². The van der Waals surface area contributed by atoms with E-state index in [4.69, 9.17) is 21.1 Å². The van der Waals surface area contributed by atoms with E-state index in [1.807, 2.05) is 24.3 Å². The lowest BCUT2D eigenvalue weighted by atomic mass is 10.1. The van der Waals surface area contributed by atoms with Gasteiger partial charge < -0.3 is 9.47 Å². The van der Waals surface area contributed by atoms with E-state index in [0.717, 1.165) is 18.2 Å². The van der Waals surface area contributed by atoms with Crippen molar-refractivity contribution < 1.29 is 13.9 Å². The summed E-state index contributed by atoms with van der Waals surface area (Å²) in [5, 5.41) is 0. The van der Waals surface area contributed by atoms with Gasteiger partial charge in [0.1, 0.15) is 11.6 Å². The molecule has 0 aliphatic rings. The summed E-state index contributed by atoms with van der Waals surface area (Å²) in [6.07, 6.45) is 1.96. The molecule has 0 saturated carbocycles. The van der Waals surface area contributed by atoms with E-state index in [9.17, 15) is 4.39 Å². The van der Waals surface area contributed by atoms with Crippen LogP contribution < -0.4 is 4.74 Å². The van der Waals surface area contributed by atoms with E-state index in [2.05, 4.69) is 4.98 Å². The van der Waals surface area contributed by atoms with Crippen LogP contribution in [0.1, 0.15) is 11.1 Å². The van der Waals surface area contributed by atoms with Crippen LogP contribution in [0.5, 0.6) is 11.6 Å². The molecule has 0 unspecified atom stereocenters. The van der Waals surface area contributed by atoms with Crippen LogP contribution >= 0.6 is 11.6 Å². The summed E-state index contributed by atoms with van der Waals surface area (Å²) in [6.45, 7) is 0.677. The second-order valence-electron chi connectivity index (χ2n) is 4.24. The Morgan fingerprint density at radius 3 is 2.65 bits per heavy atom. The number of halogens is 2. The number of hydrogen-bond acceptors (Lipinski definition) is 3. The van der Waals surface area contributed by atoms with Crippen LogP contribution in [0.4, 0.5) is 4.39 Å². The zero-order valence-corrected chi connectivity index (χ0v) is 11.9. The third-order valence-electron chi connectivity index (χ3n) is 2.77. The molecule has 5 heteroatoms. The maximum Gasteiger partial charge on any atom is 0.223 e. The minimum Gasteiger partial charge on any atom is -0.439 e. The molecule has 0 spiro atoms. The van der Waals surface area contributed by atoms with E-state index >= 15 is 0 Å². The minimum absolute atomic E-state index is 0.145. The third kappa shape index (κ3) is 3.92. The van der Waals surface area contributed by atoms with Crippen molar-refractivity contribution in [3.05, 3.63) is 53.5 Å². The van der Waals surface area contributed by atoms with E-state index in [1.54, 1.807) is 7.11 Å². The molecule has 2 rings (SSSR count). The van der Waals surface area contributed by atoms with Crippen LogP contribution in [-0.4, -0.2) is 18.7 Å². The number of rotatable bonds is 6. The number of nitrogens with zero attached hydrogens (tertiary/aromatic N) is 1. The Balaban J connectivity index is 2.10. The van der Waals surface area contributed by atoms with E-state index < -0.39 is 5.82 Å². The molecule has 1 aromatic heterocycles. The Bertz CT molecular complexity index is 560. The molecule has 20 heavy (non-hydrogen) atoms. The Labute approximate surface area is 122 Å². The Hall–Kier alpha value is -1.65. The van der Waals surface area contributed by atoms with Gasteiger partial charge in [0.2, 0.25) is 5.88 Å². The fraction of sp³-hybridized carbons (Fsp3) is 0.267. The van der Waals surface area contributed by atoms with Gasteiger partial charge in [0.05, 0.1) is 18.7 Å². The average molecular weight is 296 g/mol. The van der Waals surface area contributed by atoms with Crippen molar-refractivity contribution in [2.45, 2.75) is 12.3 Å². The Kier molecular flexibility index (Phi) is 5.32. The highest BCUT2D eigenvalue weighted by Gasteiger charge is 2.07. The molecular weight excluding hydrogens is 281 g/mol. The predicted octanol–water partition coefficient (Wildman–Crippen LogP) is 3.94. The summed E-state index contributed by atoms with van der Waals surface area (Å²) < 4.78 is 23.7. The van der Waals surface area contributed by atoms with Crippen molar-refractivity contribution in [2.75, 3.05) is 13.7 Å². The zero-order chi connectivity index (χ0) is 14.4. The van der Waals surface area contributed by atoms with E-state index in [-0.39, 0.29) is 5.88 Å². The van der Waals surface area contributed by atoms with Gasteiger partial charge in [-0.05, 0) is 30.2 Å². The highest BCUT2D eigenvalue weighted by molar-refractivity contribution is 6.17. The third-order valence-corrected chi connectivity index (χ3v) is 3.06. The largest absolute Gasteiger partial charge is 0.439 e. The van der Waals surface area contributed by atoms with Gasteiger partial charge in [-0.25, -0.2) is 9.37 Å². The van der Waals surface area contributed by atoms with Crippen molar-refractivity contribution in [3.63, 3.8) is 0 Å². The number of hydrogen-bond donors (Lipinski definition) is 0. The summed E-state index contributed by atoms with van der Waals surface area (Å²) in [5.41, 5.74) is 1.68. The van der Waals surface area contributed by atoms with Crippen LogP contribution in [-0.2, 0) is 17.0 Å². The first-order valence-electron chi connectivity index (χ1n) is 6.19. The van der Waals surface area contributed by atoms with Crippen molar-refractivity contribution in [3.8, 4) is 11.6 Å². The molecule has 0 bridgehead atoms. The van der Waals surface area contributed by atoms with Crippen LogP contribution in [0.15, 0.2) is 36.5 Å². The number of pyridine rings is 1. The lowest BCUT2D eigenvalue weighted by Gasteiger charge is -2.09. The van der Waals surface area contributed by atoms with Crippen molar-refractivity contribution in [1.29, 1.82) is 0 Å². The molecule has 0 atom stereocenters. The first kappa shape index (κ1) is 14.8. The summed E-state index contributed by atoms with van der Waals surface area (Å²) >= 11 is 5.75. The van der Waals surface area contributed by atoms with Crippen LogP contribution in [0.2, 0.25) is 0 Å². The van der Waals surface area contributed by atoms with Crippen molar-refractivity contribution in [1.82, 2.24) is 4.98 Å². The number of methoxy groups -OCH3 is 1. The maximum atomic E-state index is 13.1. The number of alkyl halides is 1. The zero-order valence-electron chi connectivity index (χ0n) is 11.1. The first-order chi connectivity index (χ1) is 9.72. The summed E-state index contributed by atoms with van der Waals surface area (Å²) in [4.78, 5) is 3.91. The fourth-order valence-electron chi connectivity index (χ4n) is 1.71. The van der Waals surface area contributed by atoms with Gasteiger partial charge in [-0.15, -0.1) is 11.6 Å². The second kappa shape index (κ2) is 7.22. The number of aromatic nitrogens is 1. The van der Waals surface area contributed by atoms with Gasteiger partial charge in [-0.1, -0.05) is 12.1 Å². The fourth-order valence-corrected chi connectivity index (χ4v) is 1.90. The highest BCUT2D eigenvalue weighted by Crippen LogP contribution is 2.25. The molecule has 0 fully saturated rings. The number of ether oxygens (including phenoxy) is 2. The van der Waals surface area contributed by atoms with Crippen LogP contribution in [0, 0.1) is 5.82 Å². The second-order valence-corrected chi connectivity index (χ2v) is 4.51. The van der Waals surface area contributed by atoms with Gasteiger partial charge in [0.25, 0.3) is 0 Å². The normalized spacial score (nSPS) is 10.6. The van der Waals surface area contributed by atoms with Crippen molar-refractivity contribution >= 4 is 11.6 Å². The smallest absolute Gasteiger partial charge is 0.223 e. The topological polar surface area (TPSA) is 31.4 Å². The molecule has 3 nitrogen and oxygen atoms in total. The molecule has 0 N–H and O–H groups in total. The molecular formula is C15H15ClFNO2. The average Bonchev–Trinajstić information content (AvgIpc) is 2.48. The molecule has 0 aliphatic heterocycles. The summed E-state index contributed by atoms with van der Waals surface area (Å²) in [7, 11) is 1.67. The molecule has 1 heterocycles. The van der Waals surface area contributed by atoms with Gasteiger partial charge in [-0.3, -0.25) is 0 Å². The lowest BCUT2D eigenvalue weighted by Crippen LogP contribution is -1.96. The van der Waals surface area contributed by atoms with Gasteiger partial charge >= 0.3 is 0 Å². The molecule has 2 aromatic rings. The molecule has 0 amide bonds. The monoisotopic (exact) mass is 295 g/mol. The Morgan fingerprint density at radius 1 is 1.25 bits per heavy atom.